The second-order valence-corrected chi connectivity index (χ2v) is 6.98. The molecule has 0 saturated heterocycles. The van der Waals surface area contributed by atoms with E-state index in [-0.39, 0.29) is 6.17 Å². The Morgan fingerprint density at radius 3 is 2.83 bits per heavy atom. The van der Waals surface area contributed by atoms with Gasteiger partial charge in [0.1, 0.15) is 6.17 Å². The number of hydrogen-bond acceptors (Lipinski definition) is 4. The molecule has 1 aromatic heterocycles. The van der Waals surface area contributed by atoms with Gasteiger partial charge in [-0.15, -0.1) is 0 Å². The number of nitrogens with zero attached hydrogens (tertiary/aromatic N) is 3. The second kappa shape index (κ2) is 5.11. The number of nitrogens with one attached hydrogen (secondary N) is 1. The highest BCUT2D eigenvalue weighted by Crippen LogP contribution is 2.44. The summed E-state index contributed by atoms with van der Waals surface area (Å²) in [6.45, 7) is 6.84. The minimum atomic E-state index is -0.00648. The number of imidazole rings is 1. The first-order valence-corrected chi connectivity index (χ1v) is 8.29. The number of aromatic nitrogens is 2. The lowest BCUT2D eigenvalue weighted by Crippen LogP contribution is -2.38. The van der Waals surface area contributed by atoms with Crippen LogP contribution in [0.2, 0.25) is 0 Å². The molecular formula is C18H23N5. The van der Waals surface area contributed by atoms with Crippen LogP contribution in [-0.2, 0) is 0 Å². The van der Waals surface area contributed by atoms with Crippen LogP contribution in [0.25, 0.3) is 11.0 Å². The third kappa shape index (κ3) is 2.22. The van der Waals surface area contributed by atoms with Gasteiger partial charge in [0.25, 0.3) is 0 Å². The van der Waals surface area contributed by atoms with Crippen molar-refractivity contribution in [2.75, 3.05) is 5.32 Å². The van der Waals surface area contributed by atoms with E-state index in [4.69, 9.17) is 10.7 Å². The smallest absolute Gasteiger partial charge is 0.212 e. The van der Waals surface area contributed by atoms with Crippen molar-refractivity contribution in [3.8, 4) is 0 Å². The molecule has 4 rings (SSSR count). The van der Waals surface area contributed by atoms with E-state index in [0.29, 0.717) is 23.7 Å². The van der Waals surface area contributed by atoms with Crippen molar-refractivity contribution in [1.82, 2.24) is 9.55 Å². The number of hydrogen-bond donors (Lipinski definition) is 2. The Kier molecular flexibility index (Phi) is 3.18. The topological polar surface area (TPSA) is 68.2 Å². The van der Waals surface area contributed by atoms with E-state index < -0.39 is 0 Å². The van der Waals surface area contributed by atoms with Crippen LogP contribution in [0.4, 0.5) is 5.95 Å². The molecule has 2 aromatic rings. The number of para-hydroxylation sites is 2. The van der Waals surface area contributed by atoms with Crippen molar-refractivity contribution in [2.45, 2.75) is 33.4 Å². The summed E-state index contributed by atoms with van der Waals surface area (Å²) in [5, 5.41) is 3.12. The van der Waals surface area contributed by atoms with Gasteiger partial charge < -0.3 is 5.73 Å². The first-order chi connectivity index (χ1) is 11.0. The summed E-state index contributed by atoms with van der Waals surface area (Å²) in [5.41, 5.74) is 9.62. The fourth-order valence-electron chi connectivity index (χ4n) is 4.36. The fourth-order valence-corrected chi connectivity index (χ4v) is 4.36. The van der Waals surface area contributed by atoms with Crippen molar-refractivity contribution in [3.63, 3.8) is 0 Å². The molecule has 2 aliphatic rings. The van der Waals surface area contributed by atoms with Gasteiger partial charge in [0, 0.05) is 5.92 Å². The van der Waals surface area contributed by atoms with Crippen molar-refractivity contribution in [1.29, 1.82) is 0 Å². The van der Waals surface area contributed by atoms with Gasteiger partial charge in [-0.05, 0) is 37.3 Å². The second-order valence-electron chi connectivity index (χ2n) is 6.98. The molecule has 120 valence electrons. The molecule has 2 heterocycles. The average molecular weight is 309 g/mol. The summed E-state index contributed by atoms with van der Waals surface area (Å²) in [6.07, 6.45) is 3.50. The zero-order valence-electron chi connectivity index (χ0n) is 13.8. The van der Waals surface area contributed by atoms with Crippen molar-refractivity contribution in [3.05, 3.63) is 35.9 Å². The lowest BCUT2D eigenvalue weighted by molar-refractivity contribution is 0.188. The SMILES string of the molecule is CC1=C[C@H](C)[C@H]([C@@H]2N=C(N)Nc3nc4ccccc4n32)[C@H](C)C1. The van der Waals surface area contributed by atoms with Gasteiger partial charge in [-0.3, -0.25) is 9.88 Å². The van der Waals surface area contributed by atoms with Crippen molar-refractivity contribution in [2.24, 2.45) is 28.5 Å². The first kappa shape index (κ1) is 14.3. The maximum atomic E-state index is 6.06. The van der Waals surface area contributed by atoms with Crippen LogP contribution in [0.15, 0.2) is 40.9 Å². The summed E-state index contributed by atoms with van der Waals surface area (Å²) in [5.74, 6) is 2.70. The maximum absolute atomic E-state index is 6.06. The van der Waals surface area contributed by atoms with Gasteiger partial charge in [-0.1, -0.05) is 37.6 Å². The monoisotopic (exact) mass is 309 g/mol. The molecule has 1 aliphatic heterocycles. The molecule has 0 fully saturated rings. The molecule has 1 aliphatic carbocycles. The van der Waals surface area contributed by atoms with Crippen molar-refractivity contribution >= 4 is 22.9 Å². The van der Waals surface area contributed by atoms with Gasteiger partial charge >= 0.3 is 0 Å². The van der Waals surface area contributed by atoms with E-state index in [1.165, 1.54) is 5.57 Å². The van der Waals surface area contributed by atoms with Crippen LogP contribution in [-0.4, -0.2) is 15.5 Å². The number of fused-ring (bicyclic) bond motifs is 3. The molecule has 23 heavy (non-hydrogen) atoms. The lowest BCUT2D eigenvalue weighted by Gasteiger charge is -2.39. The van der Waals surface area contributed by atoms with Crippen LogP contribution in [0.5, 0.6) is 0 Å². The number of benzene rings is 1. The van der Waals surface area contributed by atoms with E-state index in [0.717, 1.165) is 23.4 Å². The number of anilines is 1. The standard InChI is InChI=1S/C18H23N5/c1-10-8-11(2)15(12(3)9-10)16-21-17(19)22-18-20-13-6-4-5-7-14(13)23(16)18/h4-8,11-12,15-16H,9H2,1-3H3,(H3,19,20,21,22)/t11-,12+,15-,16+/m0/s1. The number of rotatable bonds is 1. The highest BCUT2D eigenvalue weighted by Gasteiger charge is 2.38. The first-order valence-electron chi connectivity index (χ1n) is 8.29. The molecule has 5 heteroatoms. The molecule has 0 unspecified atom stereocenters. The molecule has 3 N–H and O–H groups in total. The number of allylic oxidation sites excluding steroid dienone is 2. The predicted molar refractivity (Wildman–Crippen MR) is 94.2 cm³/mol. The van der Waals surface area contributed by atoms with Crippen LogP contribution >= 0.6 is 0 Å². The van der Waals surface area contributed by atoms with Gasteiger partial charge in [0.15, 0.2) is 5.96 Å². The largest absolute Gasteiger partial charge is 0.370 e. The molecule has 0 bridgehead atoms. The predicted octanol–water partition coefficient (Wildman–Crippen LogP) is 3.51. The lowest BCUT2D eigenvalue weighted by atomic mass is 9.73. The minimum Gasteiger partial charge on any atom is -0.370 e. The summed E-state index contributed by atoms with van der Waals surface area (Å²) in [6, 6.07) is 8.20. The molecular weight excluding hydrogens is 286 g/mol. The van der Waals surface area contributed by atoms with E-state index >= 15 is 0 Å². The highest BCUT2D eigenvalue weighted by molar-refractivity contribution is 5.94. The number of aliphatic imine (C=N–C) groups is 1. The van der Waals surface area contributed by atoms with Gasteiger partial charge in [0.2, 0.25) is 5.95 Å². The molecule has 0 spiro atoms. The third-order valence-corrected chi connectivity index (χ3v) is 5.17. The third-order valence-electron chi connectivity index (χ3n) is 5.17. The van der Waals surface area contributed by atoms with E-state index in [9.17, 15) is 0 Å². The Morgan fingerprint density at radius 1 is 1.26 bits per heavy atom. The van der Waals surface area contributed by atoms with Crippen LogP contribution in [0, 0.1) is 17.8 Å². The Labute approximate surface area is 136 Å². The van der Waals surface area contributed by atoms with E-state index in [2.05, 4.69) is 47.8 Å². The Balaban J connectivity index is 1.87. The highest BCUT2D eigenvalue weighted by atomic mass is 15.4. The maximum Gasteiger partial charge on any atom is 0.212 e. The number of nitrogens with two attached hydrogens (primary N) is 1. The van der Waals surface area contributed by atoms with E-state index in [1.54, 1.807) is 0 Å². The molecule has 5 nitrogen and oxygen atoms in total. The molecule has 4 atom stereocenters. The Hall–Kier alpha value is -2.30. The fraction of sp³-hybridized carbons (Fsp3) is 0.444. The summed E-state index contributed by atoms with van der Waals surface area (Å²) < 4.78 is 2.22. The molecule has 0 saturated carbocycles. The van der Waals surface area contributed by atoms with Crippen molar-refractivity contribution < 1.29 is 0 Å². The zero-order valence-corrected chi connectivity index (χ0v) is 13.8. The summed E-state index contributed by atoms with van der Waals surface area (Å²) in [4.78, 5) is 9.46. The number of guanidine groups is 1. The zero-order chi connectivity index (χ0) is 16.1. The Morgan fingerprint density at radius 2 is 2.04 bits per heavy atom. The van der Waals surface area contributed by atoms with Crippen LogP contribution in [0.1, 0.15) is 33.4 Å². The van der Waals surface area contributed by atoms with E-state index in [1.807, 2.05) is 18.2 Å². The van der Waals surface area contributed by atoms with Gasteiger partial charge in [0.05, 0.1) is 11.0 Å². The minimum absolute atomic E-state index is 0.00648. The van der Waals surface area contributed by atoms with Crippen LogP contribution < -0.4 is 11.1 Å². The summed E-state index contributed by atoms with van der Waals surface area (Å²) in [7, 11) is 0. The quantitative estimate of drug-likeness (QED) is 0.792. The van der Waals surface area contributed by atoms with Gasteiger partial charge in [-0.25, -0.2) is 9.98 Å². The molecule has 0 amide bonds. The Bertz CT molecular complexity index is 816. The molecule has 0 radical (unpaired) electrons. The normalized spacial score (nSPS) is 30.4. The van der Waals surface area contributed by atoms with Crippen LogP contribution in [0.3, 0.4) is 0 Å². The average Bonchev–Trinajstić information content (AvgIpc) is 2.83. The molecule has 1 aromatic carbocycles. The van der Waals surface area contributed by atoms with Gasteiger partial charge in [-0.2, -0.15) is 0 Å². The summed E-state index contributed by atoms with van der Waals surface area (Å²) >= 11 is 0.